The monoisotopic (exact) mass is 419 g/mol. The van der Waals surface area contributed by atoms with E-state index in [1.54, 1.807) is 25.4 Å². The minimum atomic E-state index is -3.32. The average Bonchev–Trinajstić information content (AvgIpc) is 3.01. The van der Waals surface area contributed by atoms with Crippen molar-refractivity contribution in [2.75, 3.05) is 18.6 Å². The number of anilines is 1. The van der Waals surface area contributed by atoms with E-state index in [0.717, 1.165) is 27.0 Å². The topological polar surface area (TPSA) is 88.5 Å². The van der Waals surface area contributed by atoms with Gasteiger partial charge in [-0.3, -0.25) is 9.59 Å². The van der Waals surface area contributed by atoms with E-state index >= 15 is 0 Å². The molecule has 0 bridgehead atoms. The highest BCUT2D eigenvalue weighted by Gasteiger charge is 2.17. The van der Waals surface area contributed by atoms with Gasteiger partial charge < -0.3 is 9.88 Å². The van der Waals surface area contributed by atoms with E-state index < -0.39 is 10.0 Å². The van der Waals surface area contributed by atoms with Crippen molar-refractivity contribution in [3.8, 4) is 11.1 Å². The summed E-state index contributed by atoms with van der Waals surface area (Å²) in [6.07, 6.45) is 2.91. The van der Waals surface area contributed by atoms with Gasteiger partial charge in [0.1, 0.15) is 0 Å². The number of aromatic nitrogens is 1. The predicted octanol–water partition coefficient (Wildman–Crippen LogP) is 2.62. The first kappa shape index (κ1) is 20.2. The van der Waals surface area contributed by atoms with E-state index in [-0.39, 0.29) is 18.0 Å². The zero-order valence-electron chi connectivity index (χ0n) is 16.0. The number of hydrogen-bond donors (Lipinski definition) is 1. The Hall–Kier alpha value is -2.49. The molecule has 3 aromatic rings. The summed E-state index contributed by atoms with van der Waals surface area (Å²) < 4.78 is 27.0. The largest absolute Gasteiger partial charge is 0.326 e. The second-order valence-electron chi connectivity index (χ2n) is 6.70. The number of rotatable bonds is 5. The lowest BCUT2D eigenvalue weighted by atomic mass is 10.1. The van der Waals surface area contributed by atoms with Crippen LogP contribution in [0.3, 0.4) is 0 Å². The number of sulfonamides is 1. The number of nitrogens with zero attached hydrogens (tertiary/aromatic N) is 2. The van der Waals surface area contributed by atoms with Crippen molar-refractivity contribution in [2.45, 2.75) is 13.5 Å². The van der Waals surface area contributed by atoms with E-state index in [9.17, 15) is 18.0 Å². The first-order valence-electron chi connectivity index (χ1n) is 8.47. The van der Waals surface area contributed by atoms with Crippen molar-refractivity contribution in [2.24, 2.45) is 7.05 Å². The van der Waals surface area contributed by atoms with Gasteiger partial charge in [-0.2, -0.15) is 0 Å². The third-order valence-corrected chi connectivity index (χ3v) is 6.75. The molecule has 7 nitrogen and oxygen atoms in total. The van der Waals surface area contributed by atoms with Crippen LogP contribution in [0.1, 0.15) is 11.8 Å². The van der Waals surface area contributed by atoms with Crippen LogP contribution >= 0.6 is 11.3 Å². The van der Waals surface area contributed by atoms with Crippen LogP contribution in [0.2, 0.25) is 0 Å². The highest BCUT2D eigenvalue weighted by molar-refractivity contribution is 7.88. The minimum Gasteiger partial charge on any atom is -0.326 e. The molecule has 0 atom stereocenters. The fourth-order valence-electron chi connectivity index (χ4n) is 2.89. The Kier molecular flexibility index (Phi) is 5.42. The van der Waals surface area contributed by atoms with Crippen LogP contribution in [-0.2, 0) is 28.4 Å². The van der Waals surface area contributed by atoms with Gasteiger partial charge in [0.15, 0.2) is 0 Å². The fourth-order valence-corrected chi connectivity index (χ4v) is 4.58. The molecule has 148 valence electrons. The summed E-state index contributed by atoms with van der Waals surface area (Å²) in [5.74, 6) is -0.162. The van der Waals surface area contributed by atoms with Crippen LogP contribution in [0.4, 0.5) is 5.69 Å². The van der Waals surface area contributed by atoms with E-state index in [4.69, 9.17) is 0 Å². The molecule has 0 unspecified atom stereocenters. The maximum absolute atomic E-state index is 12.6. The molecule has 2 heterocycles. The Balaban J connectivity index is 2.15. The Bertz CT molecular complexity index is 1230. The highest BCUT2D eigenvalue weighted by atomic mass is 32.2. The molecule has 1 amide bonds. The van der Waals surface area contributed by atoms with Crippen molar-refractivity contribution in [1.82, 2.24) is 8.87 Å². The molecule has 3 rings (SSSR count). The number of pyridine rings is 1. The van der Waals surface area contributed by atoms with Crippen LogP contribution in [0, 0.1) is 0 Å². The van der Waals surface area contributed by atoms with Crippen LogP contribution in [-0.4, -0.2) is 36.5 Å². The summed E-state index contributed by atoms with van der Waals surface area (Å²) in [6, 6.07) is 9.15. The van der Waals surface area contributed by atoms with Gasteiger partial charge in [-0.25, -0.2) is 12.7 Å². The molecular weight excluding hydrogens is 398 g/mol. The number of benzene rings is 1. The third kappa shape index (κ3) is 4.16. The smallest absolute Gasteiger partial charge is 0.259 e. The molecule has 0 radical (unpaired) electrons. The van der Waals surface area contributed by atoms with E-state index in [2.05, 4.69) is 5.32 Å². The number of fused-ring (bicyclic) bond motifs is 1. The van der Waals surface area contributed by atoms with Gasteiger partial charge in [0.2, 0.25) is 15.9 Å². The van der Waals surface area contributed by atoms with Crippen molar-refractivity contribution in [3.63, 3.8) is 0 Å². The summed E-state index contributed by atoms with van der Waals surface area (Å²) >= 11 is 1.40. The lowest BCUT2D eigenvalue weighted by Gasteiger charge is -2.12. The van der Waals surface area contributed by atoms with E-state index in [1.165, 1.54) is 34.2 Å². The lowest BCUT2D eigenvalue weighted by molar-refractivity contribution is -0.114. The van der Waals surface area contributed by atoms with Gasteiger partial charge in [-0.05, 0) is 23.8 Å². The molecule has 0 fully saturated rings. The molecular formula is C19H21N3O4S2. The van der Waals surface area contributed by atoms with Crippen LogP contribution < -0.4 is 10.9 Å². The second kappa shape index (κ2) is 7.50. The van der Waals surface area contributed by atoms with Gasteiger partial charge in [0.25, 0.3) is 5.56 Å². The van der Waals surface area contributed by atoms with E-state index in [0.29, 0.717) is 11.1 Å². The Morgan fingerprint density at radius 2 is 2.00 bits per heavy atom. The summed E-state index contributed by atoms with van der Waals surface area (Å²) in [5.41, 5.74) is 2.24. The van der Waals surface area contributed by atoms with Crippen molar-refractivity contribution >= 4 is 43.0 Å². The lowest BCUT2D eigenvalue weighted by Crippen LogP contribution is -2.24. The Morgan fingerprint density at radius 1 is 1.29 bits per heavy atom. The molecule has 0 spiro atoms. The molecule has 0 aliphatic rings. The molecule has 0 saturated carbocycles. The first-order chi connectivity index (χ1) is 13.1. The molecule has 1 N–H and O–H groups in total. The first-order valence-corrected chi connectivity index (χ1v) is 11.1. The number of carbonyl (C=O) groups excluding carboxylic acids is 1. The van der Waals surface area contributed by atoms with Crippen molar-refractivity contribution in [1.29, 1.82) is 0 Å². The van der Waals surface area contributed by atoms with Gasteiger partial charge >= 0.3 is 0 Å². The van der Waals surface area contributed by atoms with Gasteiger partial charge in [-0.1, -0.05) is 12.1 Å². The van der Waals surface area contributed by atoms with Gasteiger partial charge in [0.05, 0.1) is 11.6 Å². The number of hydrogen-bond acceptors (Lipinski definition) is 5. The minimum absolute atomic E-state index is 0.138. The maximum Gasteiger partial charge on any atom is 0.259 e. The Labute approximate surface area is 167 Å². The van der Waals surface area contributed by atoms with Crippen LogP contribution in [0.5, 0.6) is 0 Å². The normalized spacial score (nSPS) is 11.9. The third-order valence-electron chi connectivity index (χ3n) is 4.34. The summed E-state index contributed by atoms with van der Waals surface area (Å²) in [6.45, 7) is 1.65. The maximum atomic E-state index is 12.6. The highest BCUT2D eigenvalue weighted by Crippen LogP contribution is 2.34. The molecule has 0 aliphatic carbocycles. The van der Waals surface area contributed by atoms with Gasteiger partial charge in [-0.15, -0.1) is 11.3 Å². The van der Waals surface area contributed by atoms with Crippen LogP contribution in [0.15, 0.2) is 41.3 Å². The van der Waals surface area contributed by atoms with Crippen LogP contribution in [0.25, 0.3) is 21.2 Å². The number of carbonyl (C=O) groups is 1. The summed E-state index contributed by atoms with van der Waals surface area (Å²) in [4.78, 5) is 24.7. The second-order valence-corrected chi connectivity index (χ2v) is 9.92. The molecule has 2 aromatic heterocycles. The standard InChI is InChI=1S/C19H21N3O4S2/c1-12(23)20-14-7-5-6-13(8-14)17-11-21(2)19(24)16-9-15(27-18(16)17)10-22(3)28(4,25)26/h5-9,11H,10H2,1-4H3,(H,20,23). The predicted molar refractivity (Wildman–Crippen MR) is 113 cm³/mol. The molecule has 9 heteroatoms. The summed E-state index contributed by atoms with van der Waals surface area (Å²) in [7, 11) is -0.127. The Morgan fingerprint density at radius 3 is 2.64 bits per heavy atom. The van der Waals surface area contributed by atoms with Crippen molar-refractivity contribution < 1.29 is 13.2 Å². The van der Waals surface area contributed by atoms with Gasteiger partial charge in [0, 0.05) is 54.6 Å². The molecule has 28 heavy (non-hydrogen) atoms. The number of aryl methyl sites for hydroxylation is 1. The zero-order valence-corrected chi connectivity index (χ0v) is 17.6. The average molecular weight is 420 g/mol. The SMILES string of the molecule is CC(=O)Nc1cccc(-c2cn(C)c(=O)c3cc(CN(C)S(C)(=O)=O)sc23)c1. The van der Waals surface area contributed by atoms with E-state index in [1.807, 2.05) is 18.2 Å². The zero-order chi connectivity index (χ0) is 20.6. The molecule has 0 saturated heterocycles. The quantitative estimate of drug-likeness (QED) is 0.689. The fraction of sp³-hybridized carbons (Fsp3) is 0.263. The number of thiophene rings is 1. The number of nitrogens with one attached hydrogen (secondary N) is 1. The molecule has 1 aromatic carbocycles. The molecule has 0 aliphatic heterocycles. The number of amides is 1. The van der Waals surface area contributed by atoms with Crippen molar-refractivity contribution in [3.05, 3.63) is 51.8 Å². The summed E-state index contributed by atoms with van der Waals surface area (Å²) in [5, 5.41) is 3.31.